The topological polar surface area (TPSA) is 49.0 Å². The van der Waals surface area contributed by atoms with Crippen LogP contribution < -0.4 is 24.3 Å². The molecule has 0 spiro atoms. The van der Waals surface area contributed by atoms with Crippen LogP contribution >= 0.6 is 12.4 Å². The maximum Gasteiger partial charge on any atom is 0.231 e. The molecule has 0 aromatic heterocycles. The van der Waals surface area contributed by atoms with Crippen molar-refractivity contribution in [3.05, 3.63) is 48.0 Å². The SMILES string of the molecule is CCOc1ccc(C2CCNCC2COc2ccc3c(c2)OCO3)cc1.Cl. The van der Waals surface area contributed by atoms with Crippen molar-refractivity contribution in [1.82, 2.24) is 5.32 Å². The minimum absolute atomic E-state index is 0. The molecule has 1 fully saturated rings. The molecular formula is C21H26ClNO4. The average Bonchev–Trinajstić information content (AvgIpc) is 3.15. The lowest BCUT2D eigenvalue weighted by Gasteiger charge is -2.32. The molecule has 2 aromatic rings. The first-order valence-electron chi connectivity index (χ1n) is 9.29. The Morgan fingerprint density at radius 3 is 2.59 bits per heavy atom. The van der Waals surface area contributed by atoms with Crippen molar-refractivity contribution < 1.29 is 18.9 Å². The molecule has 0 saturated carbocycles. The summed E-state index contributed by atoms with van der Waals surface area (Å²) in [4.78, 5) is 0. The van der Waals surface area contributed by atoms with Crippen LogP contribution in [0.25, 0.3) is 0 Å². The highest BCUT2D eigenvalue weighted by atomic mass is 35.5. The minimum Gasteiger partial charge on any atom is -0.494 e. The van der Waals surface area contributed by atoms with Crippen molar-refractivity contribution in [2.45, 2.75) is 19.3 Å². The van der Waals surface area contributed by atoms with E-state index in [0.717, 1.165) is 42.5 Å². The van der Waals surface area contributed by atoms with Crippen LogP contribution in [0.2, 0.25) is 0 Å². The Balaban J connectivity index is 0.00000210. The maximum atomic E-state index is 6.08. The molecular weight excluding hydrogens is 366 g/mol. The fourth-order valence-corrected chi connectivity index (χ4v) is 3.68. The van der Waals surface area contributed by atoms with Crippen LogP contribution in [0.4, 0.5) is 0 Å². The standard InChI is InChI=1S/C21H25NO4.ClH/c1-2-23-17-5-3-15(4-6-17)19-9-10-22-12-16(19)13-24-18-7-8-20-21(11-18)26-14-25-20;/h3-8,11,16,19,22H,2,9-10,12-14H2,1H3;1H. The Labute approximate surface area is 166 Å². The summed E-state index contributed by atoms with van der Waals surface area (Å²) in [6, 6.07) is 14.3. The molecule has 1 saturated heterocycles. The van der Waals surface area contributed by atoms with Crippen molar-refractivity contribution in [1.29, 1.82) is 0 Å². The van der Waals surface area contributed by atoms with E-state index in [1.807, 2.05) is 25.1 Å². The van der Waals surface area contributed by atoms with E-state index >= 15 is 0 Å². The summed E-state index contributed by atoms with van der Waals surface area (Å²) >= 11 is 0. The fraction of sp³-hybridized carbons (Fsp3) is 0.429. The molecule has 0 amide bonds. The van der Waals surface area contributed by atoms with Gasteiger partial charge >= 0.3 is 0 Å². The molecule has 2 aliphatic heterocycles. The monoisotopic (exact) mass is 391 g/mol. The molecule has 2 aromatic carbocycles. The van der Waals surface area contributed by atoms with Crippen LogP contribution in [0.1, 0.15) is 24.8 Å². The number of ether oxygens (including phenoxy) is 4. The van der Waals surface area contributed by atoms with Gasteiger partial charge in [0.05, 0.1) is 13.2 Å². The van der Waals surface area contributed by atoms with Gasteiger partial charge in [0.25, 0.3) is 0 Å². The Morgan fingerprint density at radius 1 is 1.00 bits per heavy atom. The number of piperidine rings is 1. The average molecular weight is 392 g/mol. The Hall–Kier alpha value is -2.11. The van der Waals surface area contributed by atoms with Crippen LogP contribution in [-0.4, -0.2) is 33.1 Å². The van der Waals surface area contributed by atoms with E-state index in [1.54, 1.807) is 0 Å². The van der Waals surface area contributed by atoms with Crippen molar-refractivity contribution in [3.8, 4) is 23.0 Å². The number of benzene rings is 2. The molecule has 2 unspecified atom stereocenters. The van der Waals surface area contributed by atoms with Gasteiger partial charge in [0.2, 0.25) is 6.79 Å². The van der Waals surface area contributed by atoms with Crippen LogP contribution in [0.5, 0.6) is 23.0 Å². The third kappa shape index (κ3) is 4.60. The zero-order valence-electron chi connectivity index (χ0n) is 15.5. The quantitative estimate of drug-likeness (QED) is 0.806. The van der Waals surface area contributed by atoms with Gasteiger partial charge in [-0.25, -0.2) is 0 Å². The lowest BCUT2D eigenvalue weighted by molar-refractivity contribution is 0.173. The predicted octanol–water partition coefficient (Wildman–Crippen LogP) is 4.01. The van der Waals surface area contributed by atoms with Gasteiger partial charge < -0.3 is 24.3 Å². The molecule has 2 atom stereocenters. The Bertz CT molecular complexity index is 737. The zero-order valence-corrected chi connectivity index (χ0v) is 16.3. The summed E-state index contributed by atoms with van der Waals surface area (Å²) in [5, 5.41) is 3.49. The first-order valence-corrected chi connectivity index (χ1v) is 9.29. The third-order valence-electron chi connectivity index (χ3n) is 5.04. The lowest BCUT2D eigenvalue weighted by Crippen LogP contribution is -2.38. The van der Waals surface area contributed by atoms with Crippen LogP contribution in [0, 0.1) is 5.92 Å². The van der Waals surface area contributed by atoms with Gasteiger partial charge in [-0.2, -0.15) is 0 Å². The van der Waals surface area contributed by atoms with E-state index in [0.29, 0.717) is 25.0 Å². The second-order valence-electron chi connectivity index (χ2n) is 6.69. The molecule has 0 aliphatic carbocycles. The van der Waals surface area contributed by atoms with Gasteiger partial charge in [-0.3, -0.25) is 0 Å². The van der Waals surface area contributed by atoms with Gasteiger partial charge in [-0.1, -0.05) is 12.1 Å². The fourth-order valence-electron chi connectivity index (χ4n) is 3.68. The molecule has 1 N–H and O–H groups in total. The highest BCUT2D eigenvalue weighted by Crippen LogP contribution is 2.36. The van der Waals surface area contributed by atoms with Crippen molar-refractivity contribution in [3.63, 3.8) is 0 Å². The minimum atomic E-state index is 0. The number of halogens is 1. The summed E-state index contributed by atoms with van der Waals surface area (Å²) in [6.45, 7) is 5.65. The molecule has 2 aliphatic rings. The number of rotatable bonds is 6. The van der Waals surface area contributed by atoms with E-state index in [-0.39, 0.29) is 19.2 Å². The molecule has 0 bridgehead atoms. The van der Waals surface area contributed by atoms with E-state index in [4.69, 9.17) is 18.9 Å². The normalized spacial score (nSPS) is 20.6. The van der Waals surface area contributed by atoms with Gasteiger partial charge in [0.1, 0.15) is 11.5 Å². The molecule has 0 radical (unpaired) electrons. The first kappa shape index (κ1) is 19.6. The van der Waals surface area contributed by atoms with Crippen molar-refractivity contribution in [2.75, 3.05) is 33.1 Å². The smallest absolute Gasteiger partial charge is 0.231 e. The third-order valence-corrected chi connectivity index (χ3v) is 5.04. The van der Waals surface area contributed by atoms with Crippen LogP contribution in [0.3, 0.4) is 0 Å². The van der Waals surface area contributed by atoms with E-state index in [9.17, 15) is 0 Å². The lowest BCUT2D eigenvalue weighted by atomic mass is 9.81. The number of hydrogen-bond acceptors (Lipinski definition) is 5. The summed E-state index contributed by atoms with van der Waals surface area (Å²) < 4.78 is 22.4. The number of nitrogens with one attached hydrogen (secondary N) is 1. The first-order chi connectivity index (χ1) is 12.8. The highest BCUT2D eigenvalue weighted by molar-refractivity contribution is 5.85. The van der Waals surface area contributed by atoms with Crippen LogP contribution in [0.15, 0.2) is 42.5 Å². The van der Waals surface area contributed by atoms with Gasteiger partial charge in [-0.05, 0) is 55.6 Å². The zero-order chi connectivity index (χ0) is 17.8. The van der Waals surface area contributed by atoms with E-state index < -0.39 is 0 Å². The van der Waals surface area contributed by atoms with E-state index in [1.165, 1.54) is 5.56 Å². The summed E-state index contributed by atoms with van der Waals surface area (Å²) in [5.74, 6) is 4.20. The number of hydrogen-bond donors (Lipinski definition) is 1. The Kier molecular flexibility index (Phi) is 6.69. The molecule has 27 heavy (non-hydrogen) atoms. The molecule has 4 rings (SSSR count). The summed E-state index contributed by atoms with van der Waals surface area (Å²) in [6.07, 6.45) is 1.11. The molecule has 146 valence electrons. The molecule has 5 nitrogen and oxygen atoms in total. The molecule has 2 heterocycles. The summed E-state index contributed by atoms with van der Waals surface area (Å²) in [5.41, 5.74) is 1.36. The molecule has 6 heteroatoms. The van der Waals surface area contributed by atoms with Crippen LogP contribution in [-0.2, 0) is 0 Å². The Morgan fingerprint density at radius 2 is 1.78 bits per heavy atom. The van der Waals surface area contributed by atoms with E-state index in [2.05, 4.69) is 29.6 Å². The van der Waals surface area contributed by atoms with Gasteiger partial charge in [0, 0.05) is 18.5 Å². The second kappa shape index (κ2) is 9.20. The van der Waals surface area contributed by atoms with Crippen molar-refractivity contribution in [2.24, 2.45) is 5.92 Å². The second-order valence-corrected chi connectivity index (χ2v) is 6.69. The van der Waals surface area contributed by atoms with Crippen molar-refractivity contribution >= 4 is 12.4 Å². The van der Waals surface area contributed by atoms with Gasteiger partial charge in [0.15, 0.2) is 11.5 Å². The largest absolute Gasteiger partial charge is 0.494 e. The van der Waals surface area contributed by atoms with Gasteiger partial charge in [-0.15, -0.1) is 12.4 Å². The predicted molar refractivity (Wildman–Crippen MR) is 107 cm³/mol. The highest BCUT2D eigenvalue weighted by Gasteiger charge is 2.27. The maximum absolute atomic E-state index is 6.08. The summed E-state index contributed by atoms with van der Waals surface area (Å²) in [7, 11) is 0. The number of fused-ring (bicyclic) bond motifs is 1.